The van der Waals surface area contributed by atoms with Gasteiger partial charge in [-0.3, -0.25) is 0 Å². The molecule has 1 saturated heterocycles. The van der Waals surface area contributed by atoms with Gasteiger partial charge in [-0.05, 0) is 12.0 Å². The van der Waals surface area contributed by atoms with Gasteiger partial charge in [-0.15, -0.1) is 0 Å². The maximum atomic E-state index is 9.51. The van der Waals surface area contributed by atoms with Crippen LogP contribution in [0.4, 0.5) is 0 Å². The first-order valence-corrected chi connectivity index (χ1v) is 4.10. The molecule has 0 aromatic rings. The zero-order valence-corrected chi connectivity index (χ0v) is 7.46. The van der Waals surface area contributed by atoms with Gasteiger partial charge in [0.2, 0.25) is 0 Å². The van der Waals surface area contributed by atoms with Crippen LogP contribution in [0.5, 0.6) is 0 Å². The van der Waals surface area contributed by atoms with Gasteiger partial charge in [0, 0.05) is 12.0 Å². The highest BCUT2D eigenvalue weighted by Gasteiger charge is 2.29. The number of hydrogen-bond acceptors (Lipinski definition) is 4. The lowest BCUT2D eigenvalue weighted by Crippen LogP contribution is -2.42. The summed E-state index contributed by atoms with van der Waals surface area (Å²) in [5, 5.41) is 13.0. The molecule has 0 amide bonds. The summed E-state index contributed by atoms with van der Waals surface area (Å²) >= 11 is 0. The fourth-order valence-corrected chi connectivity index (χ4v) is 1.32. The second-order valence-corrected chi connectivity index (χ2v) is 2.99. The molecule has 0 spiro atoms. The first kappa shape index (κ1) is 10.3. The van der Waals surface area contributed by atoms with Crippen LogP contribution in [0.25, 0.3) is 10.4 Å². The monoisotopic (exact) mass is 187 g/mol. The average Bonchev–Trinajstić information content (AvgIpc) is 2.10. The van der Waals surface area contributed by atoms with Gasteiger partial charge >= 0.3 is 0 Å². The summed E-state index contributed by atoms with van der Waals surface area (Å²) in [6.07, 6.45) is -0.461. The molecule has 0 saturated carbocycles. The Morgan fingerprint density at radius 2 is 2.54 bits per heavy atom. The minimum atomic E-state index is -0.607. The van der Waals surface area contributed by atoms with E-state index >= 15 is 0 Å². The Kier molecular flexibility index (Phi) is 3.98. The summed E-state index contributed by atoms with van der Waals surface area (Å²) in [4.78, 5) is 2.67. The van der Waals surface area contributed by atoms with Crippen molar-refractivity contribution in [2.24, 2.45) is 5.11 Å². The zero-order chi connectivity index (χ0) is 9.68. The van der Waals surface area contributed by atoms with Gasteiger partial charge < -0.3 is 14.6 Å². The summed E-state index contributed by atoms with van der Waals surface area (Å²) in [5.74, 6) is 0. The van der Waals surface area contributed by atoms with E-state index in [0.717, 1.165) is 0 Å². The quantitative estimate of drug-likeness (QED) is 0.395. The van der Waals surface area contributed by atoms with E-state index < -0.39 is 6.10 Å². The van der Waals surface area contributed by atoms with Crippen molar-refractivity contribution in [2.75, 3.05) is 20.3 Å². The molecule has 3 atom stereocenters. The lowest BCUT2D eigenvalue weighted by molar-refractivity contribution is -0.107. The van der Waals surface area contributed by atoms with E-state index in [4.69, 9.17) is 15.0 Å². The number of rotatable bonds is 3. The zero-order valence-electron chi connectivity index (χ0n) is 7.46. The number of ether oxygens (including phenoxy) is 2. The third-order valence-electron chi connectivity index (χ3n) is 1.99. The van der Waals surface area contributed by atoms with Crippen molar-refractivity contribution in [1.29, 1.82) is 0 Å². The largest absolute Gasteiger partial charge is 0.390 e. The van der Waals surface area contributed by atoms with Crippen LogP contribution in [0.2, 0.25) is 0 Å². The second-order valence-electron chi connectivity index (χ2n) is 2.99. The predicted octanol–water partition coefficient (Wildman–Crippen LogP) is 0.461. The fraction of sp³-hybridized carbons (Fsp3) is 1.00. The third kappa shape index (κ3) is 2.86. The lowest BCUT2D eigenvalue weighted by Gasteiger charge is -2.30. The summed E-state index contributed by atoms with van der Waals surface area (Å²) in [7, 11) is 1.55. The van der Waals surface area contributed by atoms with Gasteiger partial charge in [0.05, 0.1) is 25.4 Å². The normalized spacial score (nSPS) is 33.8. The van der Waals surface area contributed by atoms with Crippen molar-refractivity contribution in [3.8, 4) is 0 Å². The first-order chi connectivity index (χ1) is 6.27. The molecule has 1 heterocycles. The molecule has 6 nitrogen and oxygen atoms in total. The highest BCUT2D eigenvalue weighted by Crippen LogP contribution is 2.17. The van der Waals surface area contributed by atoms with Crippen LogP contribution in [0.15, 0.2) is 5.11 Å². The first-order valence-electron chi connectivity index (χ1n) is 4.10. The van der Waals surface area contributed by atoms with E-state index in [0.29, 0.717) is 19.6 Å². The van der Waals surface area contributed by atoms with Crippen molar-refractivity contribution in [1.82, 2.24) is 0 Å². The van der Waals surface area contributed by atoms with Crippen molar-refractivity contribution in [3.63, 3.8) is 0 Å². The third-order valence-corrected chi connectivity index (χ3v) is 1.99. The maximum Gasteiger partial charge on any atom is 0.107 e. The van der Waals surface area contributed by atoms with Crippen LogP contribution in [-0.2, 0) is 9.47 Å². The topological polar surface area (TPSA) is 87.5 Å². The second kappa shape index (κ2) is 5.04. The Morgan fingerprint density at radius 3 is 3.08 bits per heavy atom. The Hall–Kier alpha value is -0.810. The molecule has 74 valence electrons. The fourth-order valence-electron chi connectivity index (χ4n) is 1.32. The minimum absolute atomic E-state index is 0.256. The number of methoxy groups -OCH3 is 1. The molecular formula is C7H13N3O3. The molecule has 0 aliphatic carbocycles. The number of azide groups is 1. The number of nitrogens with zero attached hydrogens (tertiary/aromatic N) is 3. The van der Waals surface area contributed by atoms with Crippen molar-refractivity contribution < 1.29 is 14.6 Å². The molecule has 3 unspecified atom stereocenters. The van der Waals surface area contributed by atoms with Gasteiger partial charge in [-0.2, -0.15) is 0 Å². The average molecular weight is 187 g/mol. The number of aliphatic hydroxyl groups excluding tert-OH is 1. The van der Waals surface area contributed by atoms with E-state index in [-0.39, 0.29) is 12.1 Å². The van der Waals surface area contributed by atoms with Gasteiger partial charge in [0.25, 0.3) is 0 Å². The smallest absolute Gasteiger partial charge is 0.107 e. The summed E-state index contributed by atoms with van der Waals surface area (Å²) < 4.78 is 10.1. The van der Waals surface area contributed by atoms with Crippen LogP contribution >= 0.6 is 0 Å². The summed E-state index contributed by atoms with van der Waals surface area (Å²) in [6.45, 7) is 0.722. The molecule has 13 heavy (non-hydrogen) atoms. The molecular weight excluding hydrogens is 174 g/mol. The minimum Gasteiger partial charge on any atom is -0.390 e. The molecule has 0 aromatic heterocycles. The number of hydrogen-bond donors (Lipinski definition) is 1. The van der Waals surface area contributed by atoms with Crippen LogP contribution in [0.1, 0.15) is 6.42 Å². The molecule has 1 rings (SSSR count). The molecule has 1 aliphatic heterocycles. The van der Waals surface area contributed by atoms with Gasteiger partial charge in [0.1, 0.15) is 6.10 Å². The summed E-state index contributed by atoms with van der Waals surface area (Å²) in [5.41, 5.74) is 8.17. The van der Waals surface area contributed by atoms with Crippen molar-refractivity contribution in [2.45, 2.75) is 24.7 Å². The SMILES string of the molecule is COCC1OCC(N=[N+]=[N-])CC1O. The van der Waals surface area contributed by atoms with Gasteiger partial charge in [0.15, 0.2) is 0 Å². The predicted molar refractivity (Wildman–Crippen MR) is 45.2 cm³/mol. The van der Waals surface area contributed by atoms with E-state index in [9.17, 15) is 5.11 Å². The summed E-state index contributed by atoms with van der Waals surface area (Å²) in [6, 6.07) is -0.256. The van der Waals surface area contributed by atoms with Crippen molar-refractivity contribution >= 4 is 0 Å². The highest BCUT2D eigenvalue weighted by atomic mass is 16.5. The lowest BCUT2D eigenvalue weighted by atomic mass is 10.0. The Balaban J connectivity index is 2.41. The molecule has 1 fully saturated rings. The highest BCUT2D eigenvalue weighted by molar-refractivity contribution is 4.82. The maximum absolute atomic E-state index is 9.51. The molecule has 1 aliphatic rings. The Bertz CT molecular complexity index is 205. The van der Waals surface area contributed by atoms with E-state index in [1.165, 1.54) is 0 Å². The van der Waals surface area contributed by atoms with E-state index in [1.807, 2.05) is 0 Å². The molecule has 0 radical (unpaired) electrons. The van der Waals surface area contributed by atoms with Crippen LogP contribution < -0.4 is 0 Å². The standard InChI is InChI=1S/C7H13N3O3/c1-12-4-7-6(11)2-5(3-13-7)9-10-8/h5-7,11H,2-4H2,1H3. The number of aliphatic hydroxyl groups is 1. The van der Waals surface area contributed by atoms with Crippen LogP contribution in [-0.4, -0.2) is 43.7 Å². The molecule has 6 heteroatoms. The Labute approximate surface area is 76.1 Å². The van der Waals surface area contributed by atoms with Gasteiger partial charge in [-0.25, -0.2) is 0 Å². The van der Waals surface area contributed by atoms with Crippen LogP contribution in [0, 0.1) is 0 Å². The molecule has 0 aromatic carbocycles. The van der Waals surface area contributed by atoms with Gasteiger partial charge in [-0.1, -0.05) is 5.11 Å². The van der Waals surface area contributed by atoms with Crippen molar-refractivity contribution in [3.05, 3.63) is 10.4 Å². The van der Waals surface area contributed by atoms with E-state index in [2.05, 4.69) is 10.0 Å². The Morgan fingerprint density at radius 1 is 1.77 bits per heavy atom. The molecule has 1 N–H and O–H groups in total. The van der Waals surface area contributed by atoms with E-state index in [1.54, 1.807) is 7.11 Å². The van der Waals surface area contributed by atoms with Crippen LogP contribution in [0.3, 0.4) is 0 Å². The molecule has 0 bridgehead atoms.